The Morgan fingerprint density at radius 1 is 1.59 bits per heavy atom. The molecule has 98 valence electrons. The fourth-order valence-electron chi connectivity index (χ4n) is 1.94. The lowest BCUT2D eigenvalue weighted by Crippen LogP contribution is -2.43. The summed E-state index contributed by atoms with van der Waals surface area (Å²) in [5.74, 6) is -1.26. The number of carboxylic acid groups (broad SMARTS) is 1. The summed E-state index contributed by atoms with van der Waals surface area (Å²) in [4.78, 5) is 23.4. The number of rotatable bonds is 6. The molecule has 1 rings (SSSR count). The normalized spacial score (nSPS) is 23.2. The molecule has 1 amide bonds. The molecular formula is C11H20N2O4. The van der Waals surface area contributed by atoms with E-state index in [1.54, 1.807) is 6.92 Å². The van der Waals surface area contributed by atoms with Gasteiger partial charge in [0.25, 0.3) is 0 Å². The first-order chi connectivity index (χ1) is 7.99. The number of hydrogen-bond acceptors (Lipinski definition) is 4. The van der Waals surface area contributed by atoms with Crippen LogP contribution in [0.5, 0.6) is 0 Å². The minimum absolute atomic E-state index is 0.0277. The molecule has 0 spiro atoms. The summed E-state index contributed by atoms with van der Waals surface area (Å²) in [6.07, 6.45) is 1.37. The molecule has 0 aromatic carbocycles. The van der Waals surface area contributed by atoms with Gasteiger partial charge in [-0.25, -0.2) is 0 Å². The maximum Gasteiger partial charge on any atom is 0.304 e. The number of ether oxygens (including phenoxy) is 1. The highest BCUT2D eigenvalue weighted by Crippen LogP contribution is 2.15. The molecule has 0 saturated carbocycles. The molecule has 0 bridgehead atoms. The summed E-state index contributed by atoms with van der Waals surface area (Å²) < 4.78 is 5.53. The third kappa shape index (κ3) is 5.14. The predicted octanol–water partition coefficient (Wildman–Crippen LogP) is -0.184. The molecule has 1 fully saturated rings. The highest BCUT2D eigenvalue weighted by atomic mass is 16.5. The number of carbonyl (C=O) groups is 2. The van der Waals surface area contributed by atoms with Gasteiger partial charge in [0.05, 0.1) is 12.5 Å². The van der Waals surface area contributed by atoms with Crippen LogP contribution in [0.4, 0.5) is 0 Å². The van der Waals surface area contributed by atoms with Gasteiger partial charge in [0.15, 0.2) is 0 Å². The first-order valence-electron chi connectivity index (χ1n) is 5.88. The second-order valence-electron chi connectivity index (χ2n) is 4.39. The van der Waals surface area contributed by atoms with E-state index in [9.17, 15) is 9.59 Å². The maximum absolute atomic E-state index is 10.9. The number of piperidine rings is 1. The molecular weight excluding hydrogens is 224 g/mol. The number of likely N-dealkylation sites (tertiary alicyclic amines) is 1. The van der Waals surface area contributed by atoms with Crippen LogP contribution in [0.25, 0.3) is 0 Å². The van der Waals surface area contributed by atoms with Crippen molar-refractivity contribution in [1.82, 2.24) is 4.90 Å². The van der Waals surface area contributed by atoms with Crippen LogP contribution in [0.15, 0.2) is 0 Å². The van der Waals surface area contributed by atoms with Gasteiger partial charge in [-0.05, 0) is 26.3 Å². The SMILES string of the molecule is CC(OC1CCCN(CCC(=O)O)C1)C(N)=O. The Morgan fingerprint density at radius 2 is 2.29 bits per heavy atom. The molecule has 0 aromatic rings. The van der Waals surface area contributed by atoms with E-state index in [0.717, 1.165) is 19.4 Å². The smallest absolute Gasteiger partial charge is 0.304 e. The zero-order valence-corrected chi connectivity index (χ0v) is 10.1. The third-order valence-corrected chi connectivity index (χ3v) is 2.90. The molecule has 1 heterocycles. The molecule has 2 unspecified atom stereocenters. The van der Waals surface area contributed by atoms with Gasteiger partial charge in [0.2, 0.25) is 5.91 Å². The van der Waals surface area contributed by atoms with Crippen LogP contribution in [0.1, 0.15) is 26.2 Å². The van der Waals surface area contributed by atoms with E-state index in [-0.39, 0.29) is 12.5 Å². The van der Waals surface area contributed by atoms with Crippen molar-refractivity contribution in [3.8, 4) is 0 Å². The van der Waals surface area contributed by atoms with E-state index in [4.69, 9.17) is 15.6 Å². The van der Waals surface area contributed by atoms with E-state index in [1.807, 2.05) is 0 Å². The topological polar surface area (TPSA) is 92.9 Å². The molecule has 0 aromatic heterocycles. The van der Waals surface area contributed by atoms with Gasteiger partial charge < -0.3 is 20.5 Å². The van der Waals surface area contributed by atoms with E-state index < -0.39 is 18.0 Å². The number of nitrogens with two attached hydrogens (primary N) is 1. The van der Waals surface area contributed by atoms with Crippen LogP contribution < -0.4 is 5.73 Å². The maximum atomic E-state index is 10.9. The van der Waals surface area contributed by atoms with Crippen molar-refractivity contribution in [2.24, 2.45) is 5.73 Å². The van der Waals surface area contributed by atoms with Gasteiger partial charge in [-0.3, -0.25) is 9.59 Å². The standard InChI is InChI=1S/C11H20N2O4/c1-8(11(12)16)17-9-3-2-5-13(7-9)6-4-10(14)15/h8-9H,2-7H2,1H3,(H2,12,16)(H,14,15). The van der Waals surface area contributed by atoms with Crippen LogP contribution in [-0.4, -0.2) is 53.7 Å². The van der Waals surface area contributed by atoms with Crippen molar-refractivity contribution in [2.75, 3.05) is 19.6 Å². The monoisotopic (exact) mass is 244 g/mol. The van der Waals surface area contributed by atoms with Gasteiger partial charge in [0.1, 0.15) is 6.10 Å². The molecule has 3 N–H and O–H groups in total. The number of carboxylic acids is 1. The highest BCUT2D eigenvalue weighted by Gasteiger charge is 2.23. The van der Waals surface area contributed by atoms with Crippen molar-refractivity contribution in [3.05, 3.63) is 0 Å². The molecule has 2 atom stereocenters. The fourth-order valence-corrected chi connectivity index (χ4v) is 1.94. The number of carbonyl (C=O) groups excluding carboxylic acids is 1. The van der Waals surface area contributed by atoms with Crippen LogP contribution in [-0.2, 0) is 14.3 Å². The summed E-state index contributed by atoms with van der Waals surface area (Å²) in [6, 6.07) is 0. The third-order valence-electron chi connectivity index (χ3n) is 2.90. The van der Waals surface area contributed by atoms with Crippen molar-refractivity contribution in [3.63, 3.8) is 0 Å². The number of primary amides is 1. The molecule has 6 heteroatoms. The largest absolute Gasteiger partial charge is 0.481 e. The molecule has 17 heavy (non-hydrogen) atoms. The van der Waals surface area contributed by atoms with Crippen LogP contribution >= 0.6 is 0 Å². The fraction of sp³-hybridized carbons (Fsp3) is 0.818. The first kappa shape index (κ1) is 13.9. The number of nitrogens with zero attached hydrogens (tertiary/aromatic N) is 1. The summed E-state index contributed by atoms with van der Waals surface area (Å²) in [5.41, 5.74) is 5.13. The van der Waals surface area contributed by atoms with E-state index in [0.29, 0.717) is 13.1 Å². The minimum Gasteiger partial charge on any atom is -0.481 e. The zero-order chi connectivity index (χ0) is 12.8. The summed E-state index contributed by atoms with van der Waals surface area (Å²) >= 11 is 0. The number of aliphatic carboxylic acids is 1. The molecule has 0 aliphatic carbocycles. The molecule has 0 radical (unpaired) electrons. The lowest BCUT2D eigenvalue weighted by Gasteiger charge is -2.33. The Hall–Kier alpha value is -1.14. The Labute approximate surface area is 101 Å². The predicted molar refractivity (Wildman–Crippen MR) is 61.5 cm³/mol. The van der Waals surface area contributed by atoms with Crippen LogP contribution in [0.3, 0.4) is 0 Å². The number of hydrogen-bond donors (Lipinski definition) is 2. The van der Waals surface area contributed by atoms with E-state index >= 15 is 0 Å². The van der Waals surface area contributed by atoms with Gasteiger partial charge >= 0.3 is 5.97 Å². The Balaban J connectivity index is 2.33. The first-order valence-corrected chi connectivity index (χ1v) is 5.88. The van der Waals surface area contributed by atoms with Gasteiger partial charge in [-0.1, -0.05) is 0 Å². The average Bonchev–Trinajstić information content (AvgIpc) is 2.26. The second kappa shape index (κ2) is 6.56. The van der Waals surface area contributed by atoms with Crippen molar-refractivity contribution in [1.29, 1.82) is 0 Å². The summed E-state index contributed by atoms with van der Waals surface area (Å²) in [6.45, 7) is 3.72. The summed E-state index contributed by atoms with van der Waals surface area (Å²) in [5, 5.41) is 8.61. The van der Waals surface area contributed by atoms with Crippen molar-refractivity contribution >= 4 is 11.9 Å². The zero-order valence-electron chi connectivity index (χ0n) is 10.1. The molecule has 6 nitrogen and oxygen atoms in total. The summed E-state index contributed by atoms with van der Waals surface area (Å²) in [7, 11) is 0. The molecule has 1 saturated heterocycles. The van der Waals surface area contributed by atoms with Gasteiger partial charge in [-0.2, -0.15) is 0 Å². The Morgan fingerprint density at radius 3 is 2.88 bits per heavy atom. The molecule has 1 aliphatic rings. The van der Waals surface area contributed by atoms with Crippen molar-refractivity contribution in [2.45, 2.75) is 38.4 Å². The minimum atomic E-state index is -0.793. The van der Waals surface area contributed by atoms with E-state index in [1.165, 1.54) is 0 Å². The Bertz CT molecular complexity index is 283. The highest BCUT2D eigenvalue weighted by molar-refractivity contribution is 5.78. The van der Waals surface area contributed by atoms with Crippen molar-refractivity contribution < 1.29 is 19.4 Å². The average molecular weight is 244 g/mol. The number of amides is 1. The Kier molecular flexibility index (Phi) is 5.37. The quantitative estimate of drug-likeness (QED) is 0.676. The van der Waals surface area contributed by atoms with Gasteiger partial charge in [0, 0.05) is 13.1 Å². The van der Waals surface area contributed by atoms with E-state index in [2.05, 4.69) is 4.90 Å². The molecule has 1 aliphatic heterocycles. The van der Waals surface area contributed by atoms with Crippen LogP contribution in [0.2, 0.25) is 0 Å². The lowest BCUT2D eigenvalue weighted by atomic mass is 10.1. The van der Waals surface area contributed by atoms with Gasteiger partial charge in [-0.15, -0.1) is 0 Å². The lowest BCUT2D eigenvalue weighted by molar-refractivity contribution is -0.138. The van der Waals surface area contributed by atoms with Crippen LogP contribution in [0, 0.1) is 0 Å². The second-order valence-corrected chi connectivity index (χ2v) is 4.39.